The van der Waals surface area contributed by atoms with Crippen LogP contribution in [0.4, 0.5) is 8.78 Å². The average molecular weight is 243 g/mol. The zero-order valence-electron chi connectivity index (χ0n) is 10.7. The molecule has 96 valence electrons. The van der Waals surface area contributed by atoms with E-state index >= 15 is 0 Å². The van der Waals surface area contributed by atoms with Gasteiger partial charge in [-0.15, -0.1) is 0 Å². The Bertz CT molecular complexity index is 372. The molecule has 0 aliphatic rings. The zero-order valence-corrected chi connectivity index (χ0v) is 10.7. The number of alkyl halides is 2. The fraction of sp³-hybridized carbons (Fsp3) is 0.538. The molecule has 4 heteroatoms. The number of halogens is 2. The van der Waals surface area contributed by atoms with Crippen LogP contribution in [0.25, 0.3) is 0 Å². The molecule has 0 aliphatic carbocycles. The van der Waals surface area contributed by atoms with Crippen LogP contribution in [-0.2, 0) is 6.54 Å². The molecule has 0 aromatic heterocycles. The van der Waals surface area contributed by atoms with Gasteiger partial charge in [0.25, 0.3) is 0 Å². The second-order valence-electron chi connectivity index (χ2n) is 5.09. The molecule has 1 N–H and O–H groups in total. The maximum atomic E-state index is 12.2. The summed E-state index contributed by atoms with van der Waals surface area (Å²) in [7, 11) is 0. The summed E-state index contributed by atoms with van der Waals surface area (Å²) in [4.78, 5) is 0. The van der Waals surface area contributed by atoms with E-state index in [0.29, 0.717) is 6.54 Å². The molecule has 0 bridgehead atoms. The van der Waals surface area contributed by atoms with Gasteiger partial charge in [-0.05, 0) is 33.8 Å². The summed E-state index contributed by atoms with van der Waals surface area (Å²) in [6.07, 6.45) is 0. The predicted octanol–water partition coefficient (Wildman–Crippen LogP) is 3.48. The molecule has 17 heavy (non-hydrogen) atoms. The van der Waals surface area contributed by atoms with Crippen molar-refractivity contribution < 1.29 is 13.5 Å². The topological polar surface area (TPSA) is 21.3 Å². The monoisotopic (exact) mass is 243 g/mol. The van der Waals surface area contributed by atoms with Gasteiger partial charge in [-0.1, -0.05) is 17.7 Å². The molecular formula is C13H19F2NO. The van der Waals surface area contributed by atoms with Crippen LogP contribution in [0.2, 0.25) is 0 Å². The minimum Gasteiger partial charge on any atom is -0.434 e. The van der Waals surface area contributed by atoms with Gasteiger partial charge in [0.2, 0.25) is 0 Å². The van der Waals surface area contributed by atoms with Gasteiger partial charge in [-0.25, -0.2) is 0 Å². The molecule has 0 heterocycles. The van der Waals surface area contributed by atoms with Crippen LogP contribution in [0.15, 0.2) is 18.2 Å². The predicted molar refractivity (Wildman–Crippen MR) is 64.4 cm³/mol. The van der Waals surface area contributed by atoms with Gasteiger partial charge in [0.05, 0.1) is 0 Å². The Morgan fingerprint density at radius 2 is 1.94 bits per heavy atom. The van der Waals surface area contributed by atoms with Gasteiger partial charge in [-0.3, -0.25) is 0 Å². The van der Waals surface area contributed by atoms with E-state index in [-0.39, 0.29) is 11.3 Å². The van der Waals surface area contributed by atoms with Crippen molar-refractivity contribution in [3.05, 3.63) is 29.3 Å². The molecule has 0 saturated carbocycles. The lowest BCUT2D eigenvalue weighted by molar-refractivity contribution is -0.0505. The molecule has 0 spiro atoms. The van der Waals surface area contributed by atoms with Crippen molar-refractivity contribution in [1.29, 1.82) is 0 Å². The minimum absolute atomic E-state index is 0.0636. The maximum Gasteiger partial charge on any atom is 0.387 e. The van der Waals surface area contributed by atoms with Crippen LogP contribution in [0.3, 0.4) is 0 Å². The standard InChI is InChI=1S/C13H19F2NO/c1-9-5-6-11(17-12(14)15)10(7-9)8-16-13(2,3)4/h5-7,12,16H,8H2,1-4H3. The summed E-state index contributed by atoms with van der Waals surface area (Å²) < 4.78 is 29.0. The molecule has 1 rings (SSSR count). The third-order valence-corrected chi connectivity index (χ3v) is 2.24. The largest absolute Gasteiger partial charge is 0.434 e. The van der Waals surface area contributed by atoms with Gasteiger partial charge in [0, 0.05) is 17.6 Å². The van der Waals surface area contributed by atoms with Crippen molar-refractivity contribution in [3.8, 4) is 5.75 Å². The number of hydrogen-bond acceptors (Lipinski definition) is 2. The first kappa shape index (κ1) is 13.9. The molecule has 0 aliphatic heterocycles. The fourth-order valence-electron chi connectivity index (χ4n) is 1.42. The molecule has 2 nitrogen and oxygen atoms in total. The van der Waals surface area contributed by atoms with Gasteiger partial charge >= 0.3 is 6.61 Å². The Kier molecular flexibility index (Phi) is 4.46. The van der Waals surface area contributed by atoms with Crippen LogP contribution in [0.5, 0.6) is 5.75 Å². The Morgan fingerprint density at radius 1 is 1.29 bits per heavy atom. The zero-order chi connectivity index (χ0) is 13.1. The first-order valence-electron chi connectivity index (χ1n) is 5.57. The first-order valence-corrected chi connectivity index (χ1v) is 5.57. The normalized spacial score (nSPS) is 11.9. The highest BCUT2D eigenvalue weighted by molar-refractivity contribution is 5.37. The van der Waals surface area contributed by atoms with Gasteiger partial charge in [0.15, 0.2) is 0 Å². The van der Waals surface area contributed by atoms with Crippen molar-refractivity contribution >= 4 is 0 Å². The Hall–Kier alpha value is -1.16. The van der Waals surface area contributed by atoms with E-state index < -0.39 is 6.61 Å². The lowest BCUT2D eigenvalue weighted by Crippen LogP contribution is -2.35. The molecule has 0 radical (unpaired) electrons. The number of ether oxygens (including phenoxy) is 1. The smallest absolute Gasteiger partial charge is 0.387 e. The third-order valence-electron chi connectivity index (χ3n) is 2.24. The van der Waals surface area contributed by atoms with E-state index in [0.717, 1.165) is 11.1 Å². The molecule has 0 amide bonds. The van der Waals surface area contributed by atoms with E-state index in [4.69, 9.17) is 0 Å². The van der Waals surface area contributed by atoms with Gasteiger partial charge < -0.3 is 10.1 Å². The lowest BCUT2D eigenvalue weighted by atomic mass is 10.1. The van der Waals surface area contributed by atoms with Crippen LogP contribution >= 0.6 is 0 Å². The maximum absolute atomic E-state index is 12.2. The molecule has 1 aromatic rings. The van der Waals surface area contributed by atoms with Crippen molar-refractivity contribution in [2.24, 2.45) is 0 Å². The first-order chi connectivity index (χ1) is 7.78. The van der Waals surface area contributed by atoms with Crippen molar-refractivity contribution in [2.75, 3.05) is 0 Å². The van der Waals surface area contributed by atoms with Crippen molar-refractivity contribution in [2.45, 2.75) is 46.4 Å². The Morgan fingerprint density at radius 3 is 2.47 bits per heavy atom. The quantitative estimate of drug-likeness (QED) is 0.874. The molecule has 0 saturated heterocycles. The average Bonchev–Trinajstić information content (AvgIpc) is 2.16. The number of rotatable bonds is 4. The van der Waals surface area contributed by atoms with Crippen LogP contribution < -0.4 is 10.1 Å². The Balaban J connectivity index is 2.83. The number of benzene rings is 1. The molecular weight excluding hydrogens is 224 g/mol. The fourth-order valence-corrected chi connectivity index (χ4v) is 1.42. The van der Waals surface area contributed by atoms with E-state index in [1.54, 1.807) is 12.1 Å². The van der Waals surface area contributed by atoms with E-state index in [9.17, 15) is 8.78 Å². The highest BCUT2D eigenvalue weighted by Crippen LogP contribution is 2.22. The summed E-state index contributed by atoms with van der Waals surface area (Å²) in [5.74, 6) is 0.238. The van der Waals surface area contributed by atoms with Crippen molar-refractivity contribution in [1.82, 2.24) is 5.32 Å². The lowest BCUT2D eigenvalue weighted by Gasteiger charge is -2.21. The van der Waals surface area contributed by atoms with Crippen molar-refractivity contribution in [3.63, 3.8) is 0 Å². The van der Waals surface area contributed by atoms with Gasteiger partial charge in [0.1, 0.15) is 5.75 Å². The van der Waals surface area contributed by atoms with Crippen LogP contribution in [0, 0.1) is 6.92 Å². The van der Waals surface area contributed by atoms with Gasteiger partial charge in [-0.2, -0.15) is 8.78 Å². The van der Waals surface area contributed by atoms with E-state index in [1.165, 1.54) is 0 Å². The second-order valence-corrected chi connectivity index (χ2v) is 5.09. The van der Waals surface area contributed by atoms with E-state index in [1.807, 2.05) is 33.8 Å². The summed E-state index contributed by atoms with van der Waals surface area (Å²) in [6, 6.07) is 5.20. The Labute approximate surface area is 101 Å². The number of aryl methyl sites for hydroxylation is 1. The molecule has 1 aromatic carbocycles. The summed E-state index contributed by atoms with van der Waals surface area (Å²) >= 11 is 0. The van der Waals surface area contributed by atoms with Crippen LogP contribution in [-0.4, -0.2) is 12.2 Å². The number of hydrogen-bond donors (Lipinski definition) is 1. The highest BCUT2D eigenvalue weighted by atomic mass is 19.3. The highest BCUT2D eigenvalue weighted by Gasteiger charge is 2.13. The third kappa shape index (κ3) is 5.13. The van der Waals surface area contributed by atoms with Crippen LogP contribution in [0.1, 0.15) is 31.9 Å². The van der Waals surface area contributed by atoms with E-state index in [2.05, 4.69) is 10.1 Å². The minimum atomic E-state index is -2.79. The molecule has 0 atom stereocenters. The number of nitrogens with one attached hydrogen (secondary N) is 1. The second kappa shape index (κ2) is 5.45. The summed E-state index contributed by atoms with van der Waals surface area (Å²) in [6.45, 7) is 5.72. The summed E-state index contributed by atoms with van der Waals surface area (Å²) in [5, 5.41) is 3.25. The molecule has 0 fully saturated rings. The SMILES string of the molecule is Cc1ccc(OC(F)F)c(CNC(C)(C)C)c1. The molecule has 0 unspecified atom stereocenters. The summed E-state index contributed by atoms with van der Waals surface area (Å²) in [5.41, 5.74) is 1.71.